The van der Waals surface area contributed by atoms with Gasteiger partial charge in [-0.25, -0.2) is 8.42 Å². The van der Waals surface area contributed by atoms with Crippen molar-refractivity contribution in [2.75, 3.05) is 16.6 Å². The first-order valence-corrected chi connectivity index (χ1v) is 12.5. The lowest BCUT2D eigenvalue weighted by Gasteiger charge is -2.22. The van der Waals surface area contributed by atoms with E-state index in [2.05, 4.69) is 10.0 Å². The van der Waals surface area contributed by atoms with Crippen LogP contribution in [0.3, 0.4) is 0 Å². The van der Waals surface area contributed by atoms with Gasteiger partial charge in [0.25, 0.3) is 15.9 Å². The molecular weight excluding hydrogens is 517 g/mol. The summed E-state index contributed by atoms with van der Waals surface area (Å²) in [6.07, 6.45) is -4.74. The van der Waals surface area contributed by atoms with Crippen molar-refractivity contribution in [2.24, 2.45) is 0 Å². The highest BCUT2D eigenvalue weighted by molar-refractivity contribution is 7.92. The fraction of sp³-hybridized carbons (Fsp3) is 0.240. The third kappa shape index (κ3) is 6.92. The molecule has 0 radical (unpaired) electrons. The minimum Gasteiger partial charge on any atom is -0.483 e. The number of anilines is 2. The third-order valence-corrected chi connectivity index (χ3v) is 6.75. The van der Waals surface area contributed by atoms with Crippen molar-refractivity contribution in [3.63, 3.8) is 0 Å². The number of carbonyl (C=O) groups is 1. The Hall–Kier alpha value is -3.24. The minimum atomic E-state index is -4.74. The summed E-state index contributed by atoms with van der Waals surface area (Å²) >= 11 is 5.57. The maximum absolute atomic E-state index is 13.1. The molecule has 3 aromatic rings. The molecule has 0 fully saturated rings. The van der Waals surface area contributed by atoms with Crippen LogP contribution in [0.1, 0.15) is 31.9 Å². The molecular formula is C25H24ClF3N2O4S. The fourth-order valence-electron chi connectivity index (χ4n) is 3.29. The van der Waals surface area contributed by atoms with Gasteiger partial charge in [-0.15, -0.1) is 0 Å². The number of ether oxygens (including phenoxy) is 1. The lowest BCUT2D eigenvalue weighted by Crippen LogP contribution is -2.22. The number of hydrogen-bond donors (Lipinski definition) is 2. The number of benzene rings is 3. The molecule has 3 rings (SSSR count). The zero-order chi connectivity index (χ0) is 26.7. The lowest BCUT2D eigenvalue weighted by molar-refractivity contribution is -0.137. The molecule has 0 spiro atoms. The Balaban J connectivity index is 1.65. The highest BCUT2D eigenvalue weighted by Crippen LogP contribution is 2.36. The van der Waals surface area contributed by atoms with E-state index in [0.29, 0.717) is 17.5 Å². The summed E-state index contributed by atoms with van der Waals surface area (Å²) in [6, 6.07) is 15.3. The van der Waals surface area contributed by atoms with Crippen molar-refractivity contribution in [3.8, 4) is 5.75 Å². The largest absolute Gasteiger partial charge is 0.483 e. The molecule has 0 aliphatic heterocycles. The molecule has 192 valence electrons. The average molecular weight is 541 g/mol. The van der Waals surface area contributed by atoms with Gasteiger partial charge in [0.1, 0.15) is 5.75 Å². The number of para-hydroxylation sites is 1. The molecule has 0 aromatic heterocycles. The standard InChI is InChI=1S/C25H24ClF3N2O4S/c1-24(2,3)19-6-4-5-7-22(19)35-15-23(32)30-16-8-11-18(12-9-16)36(33,34)31-17-10-13-21(26)20(14-17)25(27,28)29/h4-14,31H,15H2,1-3H3,(H,30,32). The van der Waals surface area contributed by atoms with Gasteiger partial charge in [0.15, 0.2) is 6.61 Å². The van der Waals surface area contributed by atoms with Crippen molar-refractivity contribution in [1.29, 1.82) is 0 Å². The highest BCUT2D eigenvalue weighted by Gasteiger charge is 2.33. The Morgan fingerprint density at radius 2 is 1.53 bits per heavy atom. The van der Waals surface area contributed by atoms with E-state index in [-0.39, 0.29) is 22.6 Å². The molecule has 0 aliphatic carbocycles. The third-order valence-electron chi connectivity index (χ3n) is 5.03. The van der Waals surface area contributed by atoms with Gasteiger partial charge in [-0.3, -0.25) is 9.52 Å². The van der Waals surface area contributed by atoms with Crippen LogP contribution in [-0.2, 0) is 26.4 Å². The topological polar surface area (TPSA) is 84.5 Å². The van der Waals surface area contributed by atoms with Gasteiger partial charge >= 0.3 is 6.18 Å². The molecule has 0 heterocycles. The van der Waals surface area contributed by atoms with Crippen LogP contribution in [0.2, 0.25) is 5.02 Å². The molecule has 1 amide bonds. The predicted molar refractivity (Wildman–Crippen MR) is 133 cm³/mol. The SMILES string of the molecule is CC(C)(C)c1ccccc1OCC(=O)Nc1ccc(S(=O)(=O)Nc2ccc(Cl)c(C(F)(F)F)c2)cc1. The number of alkyl halides is 3. The normalized spacial score (nSPS) is 12.2. The summed E-state index contributed by atoms with van der Waals surface area (Å²) in [5, 5.41) is 2.07. The van der Waals surface area contributed by atoms with E-state index < -0.39 is 32.7 Å². The van der Waals surface area contributed by atoms with Gasteiger partial charge in [0.2, 0.25) is 0 Å². The number of hydrogen-bond acceptors (Lipinski definition) is 4. The number of nitrogens with one attached hydrogen (secondary N) is 2. The van der Waals surface area contributed by atoms with Crippen LogP contribution in [0.25, 0.3) is 0 Å². The van der Waals surface area contributed by atoms with Crippen LogP contribution < -0.4 is 14.8 Å². The Morgan fingerprint density at radius 1 is 0.917 bits per heavy atom. The number of halogens is 4. The van der Waals surface area contributed by atoms with E-state index in [9.17, 15) is 26.4 Å². The minimum absolute atomic E-state index is 0.178. The second kappa shape index (κ2) is 10.4. The van der Waals surface area contributed by atoms with E-state index in [1.165, 1.54) is 24.3 Å². The van der Waals surface area contributed by atoms with Crippen LogP contribution in [-0.4, -0.2) is 20.9 Å². The van der Waals surface area contributed by atoms with Gasteiger partial charge in [-0.1, -0.05) is 50.6 Å². The van der Waals surface area contributed by atoms with Crippen molar-refractivity contribution in [2.45, 2.75) is 37.3 Å². The average Bonchev–Trinajstić information content (AvgIpc) is 2.78. The van der Waals surface area contributed by atoms with E-state index in [1.54, 1.807) is 6.07 Å². The second-order valence-corrected chi connectivity index (χ2v) is 11.0. The summed E-state index contributed by atoms with van der Waals surface area (Å²) in [7, 11) is -4.20. The van der Waals surface area contributed by atoms with Gasteiger partial charge in [0.05, 0.1) is 15.5 Å². The molecule has 3 aromatic carbocycles. The number of sulfonamides is 1. The Labute approximate surface area is 212 Å². The molecule has 11 heteroatoms. The molecule has 0 unspecified atom stereocenters. The summed E-state index contributed by atoms with van der Waals surface area (Å²) in [6.45, 7) is 5.83. The van der Waals surface area contributed by atoms with Crippen LogP contribution in [0.4, 0.5) is 24.5 Å². The Morgan fingerprint density at radius 3 is 2.14 bits per heavy atom. The molecule has 0 atom stereocenters. The van der Waals surface area contributed by atoms with Crippen LogP contribution >= 0.6 is 11.6 Å². The first-order valence-electron chi connectivity index (χ1n) is 10.7. The molecule has 0 saturated carbocycles. The zero-order valence-corrected chi connectivity index (χ0v) is 21.2. The van der Waals surface area contributed by atoms with E-state index in [1.807, 2.05) is 39.0 Å². The van der Waals surface area contributed by atoms with Crippen molar-refractivity contribution in [3.05, 3.63) is 82.9 Å². The number of rotatable bonds is 7. The highest BCUT2D eigenvalue weighted by atomic mass is 35.5. The maximum atomic E-state index is 13.1. The van der Waals surface area contributed by atoms with E-state index >= 15 is 0 Å². The smallest absolute Gasteiger partial charge is 0.417 e. The van der Waals surface area contributed by atoms with Crippen molar-refractivity contribution >= 4 is 38.9 Å². The van der Waals surface area contributed by atoms with Gasteiger partial charge in [-0.05, 0) is 59.5 Å². The second-order valence-electron chi connectivity index (χ2n) is 8.91. The Bertz CT molecular complexity index is 1350. The van der Waals surface area contributed by atoms with Crippen molar-refractivity contribution < 1.29 is 31.1 Å². The number of carbonyl (C=O) groups excluding carboxylic acids is 1. The summed E-state index contributed by atoms with van der Waals surface area (Å²) in [5.41, 5.74) is -0.366. The zero-order valence-electron chi connectivity index (χ0n) is 19.6. The molecule has 0 saturated heterocycles. The van der Waals surface area contributed by atoms with Gasteiger partial charge in [-0.2, -0.15) is 13.2 Å². The summed E-state index contributed by atoms with van der Waals surface area (Å²) in [4.78, 5) is 12.1. The van der Waals surface area contributed by atoms with Gasteiger partial charge < -0.3 is 10.1 Å². The molecule has 2 N–H and O–H groups in total. The fourth-order valence-corrected chi connectivity index (χ4v) is 4.56. The lowest BCUT2D eigenvalue weighted by atomic mass is 9.86. The van der Waals surface area contributed by atoms with Crippen molar-refractivity contribution in [1.82, 2.24) is 0 Å². The molecule has 6 nitrogen and oxygen atoms in total. The molecule has 0 bridgehead atoms. The first kappa shape index (κ1) is 27.3. The quantitative estimate of drug-likeness (QED) is 0.359. The van der Waals surface area contributed by atoms with Crippen LogP contribution in [0, 0.1) is 0 Å². The maximum Gasteiger partial charge on any atom is 0.417 e. The van der Waals surface area contributed by atoms with E-state index in [0.717, 1.165) is 17.7 Å². The number of amides is 1. The van der Waals surface area contributed by atoms with E-state index in [4.69, 9.17) is 16.3 Å². The molecule has 0 aliphatic rings. The first-order chi connectivity index (χ1) is 16.7. The predicted octanol–water partition coefficient (Wildman–Crippen LogP) is 6.47. The van der Waals surface area contributed by atoms with Crippen LogP contribution in [0.5, 0.6) is 5.75 Å². The van der Waals surface area contributed by atoms with Crippen LogP contribution in [0.15, 0.2) is 71.6 Å². The monoisotopic (exact) mass is 540 g/mol. The summed E-state index contributed by atoms with van der Waals surface area (Å²) in [5.74, 6) is 0.136. The van der Waals surface area contributed by atoms with Gasteiger partial charge in [0, 0.05) is 11.4 Å². The molecule has 36 heavy (non-hydrogen) atoms. The Kier molecular flexibility index (Phi) is 7.90. The summed E-state index contributed by atoms with van der Waals surface area (Å²) < 4.78 is 72.2.